The fraction of sp³-hybridized carbons (Fsp3) is 0.909. The van der Waals surface area contributed by atoms with Gasteiger partial charge in [0.25, 0.3) is 0 Å². The average molecular weight is 233 g/mol. The summed E-state index contributed by atoms with van der Waals surface area (Å²) in [6.45, 7) is 8.04. The van der Waals surface area contributed by atoms with E-state index < -0.39 is 5.60 Å². The van der Waals surface area contributed by atoms with Crippen molar-refractivity contribution in [2.75, 3.05) is 18.1 Å². The van der Waals surface area contributed by atoms with Gasteiger partial charge in [-0.2, -0.15) is 11.8 Å². The van der Waals surface area contributed by atoms with Crippen molar-refractivity contribution in [3.63, 3.8) is 0 Å². The molecule has 1 atom stereocenters. The Morgan fingerprint density at radius 1 is 1.53 bits per heavy atom. The summed E-state index contributed by atoms with van der Waals surface area (Å²) in [5.74, 6) is 2.06. The van der Waals surface area contributed by atoms with E-state index in [0.717, 1.165) is 11.5 Å². The molecule has 0 aliphatic rings. The summed E-state index contributed by atoms with van der Waals surface area (Å²) in [5, 5.41) is 12.7. The molecule has 0 aromatic carbocycles. The Balaban J connectivity index is 3.71. The zero-order valence-electron chi connectivity index (χ0n) is 10.2. The average Bonchev–Trinajstić information content (AvgIpc) is 2.15. The third-order valence-electron chi connectivity index (χ3n) is 2.56. The maximum absolute atomic E-state index is 11.4. The van der Waals surface area contributed by atoms with Crippen LogP contribution < -0.4 is 5.32 Å². The number of carbonyl (C=O) groups is 1. The molecule has 1 unspecified atom stereocenters. The molecule has 0 aliphatic heterocycles. The maximum atomic E-state index is 11.4. The summed E-state index contributed by atoms with van der Waals surface area (Å²) in [4.78, 5) is 11.4. The van der Waals surface area contributed by atoms with Crippen molar-refractivity contribution in [2.45, 2.75) is 39.7 Å². The second kappa shape index (κ2) is 7.12. The van der Waals surface area contributed by atoms with E-state index in [1.54, 1.807) is 18.7 Å². The minimum absolute atomic E-state index is 0.0249. The SMILES string of the molecule is CCSCCC(=O)NCC(C)(O)C(C)C. The van der Waals surface area contributed by atoms with Crippen LogP contribution in [0.15, 0.2) is 0 Å². The first-order valence-electron chi connectivity index (χ1n) is 5.47. The van der Waals surface area contributed by atoms with Crippen molar-refractivity contribution in [1.82, 2.24) is 5.32 Å². The second-order valence-electron chi connectivity index (χ2n) is 4.24. The molecule has 0 aromatic rings. The fourth-order valence-corrected chi connectivity index (χ4v) is 1.50. The molecule has 0 aliphatic carbocycles. The molecule has 0 saturated heterocycles. The van der Waals surface area contributed by atoms with E-state index in [0.29, 0.717) is 13.0 Å². The number of hydrogen-bond donors (Lipinski definition) is 2. The van der Waals surface area contributed by atoms with Crippen LogP contribution in [0, 0.1) is 5.92 Å². The molecule has 0 spiro atoms. The molecule has 0 fully saturated rings. The normalized spacial score (nSPS) is 15.1. The molecule has 0 bridgehead atoms. The van der Waals surface area contributed by atoms with Crippen LogP contribution in [-0.4, -0.2) is 34.7 Å². The number of nitrogens with one attached hydrogen (secondary N) is 1. The molecule has 3 nitrogen and oxygen atoms in total. The van der Waals surface area contributed by atoms with Gasteiger partial charge in [0.15, 0.2) is 0 Å². The molecule has 4 heteroatoms. The topological polar surface area (TPSA) is 49.3 Å². The minimum atomic E-state index is -0.812. The van der Waals surface area contributed by atoms with Gasteiger partial charge in [-0.25, -0.2) is 0 Å². The van der Waals surface area contributed by atoms with Gasteiger partial charge in [-0.05, 0) is 18.6 Å². The summed E-state index contributed by atoms with van der Waals surface area (Å²) >= 11 is 1.75. The lowest BCUT2D eigenvalue weighted by molar-refractivity contribution is -0.122. The highest BCUT2D eigenvalue weighted by Gasteiger charge is 2.24. The number of carbonyl (C=O) groups excluding carboxylic acids is 1. The Morgan fingerprint density at radius 3 is 2.60 bits per heavy atom. The van der Waals surface area contributed by atoms with Crippen molar-refractivity contribution < 1.29 is 9.90 Å². The van der Waals surface area contributed by atoms with Gasteiger partial charge in [0.2, 0.25) is 5.91 Å². The molecule has 0 heterocycles. The fourth-order valence-electron chi connectivity index (χ4n) is 0.879. The first kappa shape index (κ1) is 14.8. The lowest BCUT2D eigenvalue weighted by Crippen LogP contribution is -2.44. The van der Waals surface area contributed by atoms with E-state index in [-0.39, 0.29) is 11.8 Å². The molecular weight excluding hydrogens is 210 g/mol. The zero-order chi connectivity index (χ0) is 11.9. The second-order valence-corrected chi connectivity index (χ2v) is 5.63. The van der Waals surface area contributed by atoms with Gasteiger partial charge in [0.05, 0.1) is 5.60 Å². The summed E-state index contributed by atoms with van der Waals surface area (Å²) in [6, 6.07) is 0. The third kappa shape index (κ3) is 6.79. The van der Waals surface area contributed by atoms with Gasteiger partial charge >= 0.3 is 0 Å². The van der Waals surface area contributed by atoms with Crippen LogP contribution in [0.3, 0.4) is 0 Å². The van der Waals surface area contributed by atoms with Crippen LogP contribution in [0.25, 0.3) is 0 Å². The van der Waals surface area contributed by atoms with E-state index in [2.05, 4.69) is 12.2 Å². The Labute approximate surface area is 97.0 Å². The zero-order valence-corrected chi connectivity index (χ0v) is 11.0. The number of aliphatic hydroxyl groups is 1. The van der Waals surface area contributed by atoms with Gasteiger partial charge in [0.1, 0.15) is 0 Å². The standard InChI is InChI=1S/C11H23NO2S/c1-5-15-7-6-10(13)12-8-11(4,14)9(2)3/h9,14H,5-8H2,1-4H3,(H,12,13). The van der Waals surface area contributed by atoms with Crippen molar-refractivity contribution in [2.24, 2.45) is 5.92 Å². The predicted molar refractivity (Wildman–Crippen MR) is 66.1 cm³/mol. The van der Waals surface area contributed by atoms with E-state index in [9.17, 15) is 9.90 Å². The molecule has 0 aromatic heterocycles. The van der Waals surface area contributed by atoms with Gasteiger partial charge in [-0.1, -0.05) is 20.8 Å². The number of amides is 1. The quantitative estimate of drug-likeness (QED) is 0.657. The highest BCUT2D eigenvalue weighted by Crippen LogP contribution is 2.14. The van der Waals surface area contributed by atoms with E-state index >= 15 is 0 Å². The Morgan fingerprint density at radius 2 is 2.13 bits per heavy atom. The Bertz CT molecular complexity index is 193. The van der Waals surface area contributed by atoms with Crippen LogP contribution in [0.1, 0.15) is 34.1 Å². The summed E-state index contributed by atoms with van der Waals surface area (Å²) in [6.07, 6.45) is 0.534. The number of hydrogen-bond acceptors (Lipinski definition) is 3. The molecular formula is C11H23NO2S. The molecule has 1 amide bonds. The largest absolute Gasteiger partial charge is 0.388 e. The van der Waals surface area contributed by atoms with Crippen LogP contribution in [0.5, 0.6) is 0 Å². The van der Waals surface area contributed by atoms with Crippen molar-refractivity contribution in [3.8, 4) is 0 Å². The molecule has 0 radical (unpaired) electrons. The van der Waals surface area contributed by atoms with Crippen molar-refractivity contribution >= 4 is 17.7 Å². The van der Waals surface area contributed by atoms with Crippen molar-refractivity contribution in [3.05, 3.63) is 0 Å². The minimum Gasteiger partial charge on any atom is -0.388 e. The van der Waals surface area contributed by atoms with Gasteiger partial charge < -0.3 is 10.4 Å². The summed E-state index contributed by atoms with van der Waals surface area (Å²) in [7, 11) is 0. The first-order chi connectivity index (χ1) is 6.90. The number of thioether (sulfide) groups is 1. The summed E-state index contributed by atoms with van der Waals surface area (Å²) in [5.41, 5.74) is -0.812. The molecule has 0 rings (SSSR count). The van der Waals surface area contributed by atoms with Gasteiger partial charge in [-0.3, -0.25) is 4.79 Å². The highest BCUT2D eigenvalue weighted by atomic mass is 32.2. The molecule has 15 heavy (non-hydrogen) atoms. The maximum Gasteiger partial charge on any atom is 0.220 e. The van der Waals surface area contributed by atoms with E-state index in [1.165, 1.54) is 0 Å². The van der Waals surface area contributed by atoms with Gasteiger partial charge in [0, 0.05) is 18.7 Å². The first-order valence-corrected chi connectivity index (χ1v) is 6.62. The van der Waals surface area contributed by atoms with Crippen LogP contribution in [0.4, 0.5) is 0 Å². The van der Waals surface area contributed by atoms with Crippen LogP contribution >= 0.6 is 11.8 Å². The van der Waals surface area contributed by atoms with Crippen LogP contribution in [-0.2, 0) is 4.79 Å². The van der Waals surface area contributed by atoms with Crippen molar-refractivity contribution in [1.29, 1.82) is 0 Å². The third-order valence-corrected chi connectivity index (χ3v) is 3.47. The van der Waals surface area contributed by atoms with Gasteiger partial charge in [-0.15, -0.1) is 0 Å². The number of rotatable bonds is 7. The molecule has 0 saturated carbocycles. The molecule has 2 N–H and O–H groups in total. The predicted octanol–water partition coefficient (Wildman–Crippen LogP) is 1.65. The monoisotopic (exact) mass is 233 g/mol. The lowest BCUT2D eigenvalue weighted by atomic mass is 9.92. The van der Waals surface area contributed by atoms with Crippen LogP contribution in [0.2, 0.25) is 0 Å². The lowest BCUT2D eigenvalue weighted by Gasteiger charge is -2.27. The smallest absolute Gasteiger partial charge is 0.220 e. The highest BCUT2D eigenvalue weighted by molar-refractivity contribution is 7.99. The Hall–Kier alpha value is -0.220. The van der Waals surface area contributed by atoms with E-state index in [4.69, 9.17) is 0 Å². The van der Waals surface area contributed by atoms with E-state index in [1.807, 2.05) is 13.8 Å². The molecule has 90 valence electrons. The Kier molecular flexibility index (Phi) is 7.02. The summed E-state index contributed by atoms with van der Waals surface area (Å²) < 4.78 is 0.